The van der Waals surface area contributed by atoms with Crippen LogP contribution in [0.1, 0.15) is 18.4 Å². The summed E-state index contributed by atoms with van der Waals surface area (Å²) in [7, 11) is 0. The summed E-state index contributed by atoms with van der Waals surface area (Å²) in [5.74, 6) is 0.736. The van der Waals surface area contributed by atoms with Crippen molar-refractivity contribution in [3.8, 4) is 0 Å². The molecule has 0 atom stereocenters. The van der Waals surface area contributed by atoms with Gasteiger partial charge in [0, 0.05) is 25.5 Å². The molecule has 1 aromatic heterocycles. The van der Waals surface area contributed by atoms with E-state index in [1.54, 1.807) is 0 Å². The maximum Gasteiger partial charge on any atom is 0.222 e. The van der Waals surface area contributed by atoms with Crippen LogP contribution < -0.4 is 5.32 Å². The van der Waals surface area contributed by atoms with E-state index in [0.717, 1.165) is 24.6 Å². The average Bonchev–Trinajstić information content (AvgIpc) is 2.74. The zero-order valence-corrected chi connectivity index (χ0v) is 9.24. The number of likely N-dealkylation sites (tertiary alicyclic amines) is 1. The number of hydrogen-bond donors (Lipinski definition) is 1. The Morgan fingerprint density at radius 2 is 1.93 bits per heavy atom. The van der Waals surface area contributed by atoms with E-state index in [2.05, 4.69) is 20.2 Å². The second-order valence-corrected chi connectivity index (χ2v) is 4.06. The Morgan fingerprint density at radius 3 is 2.60 bits per heavy atom. The second kappa shape index (κ2) is 5.07. The first-order valence-electron chi connectivity index (χ1n) is 5.59. The van der Waals surface area contributed by atoms with E-state index in [1.807, 2.05) is 19.3 Å². The first-order valence-corrected chi connectivity index (χ1v) is 5.59. The smallest absolute Gasteiger partial charge is 0.222 e. The zero-order chi connectivity index (χ0) is 10.5. The number of nitrogens with one attached hydrogen (secondary N) is 1. The summed E-state index contributed by atoms with van der Waals surface area (Å²) >= 11 is 0. The Hall–Kier alpha value is -1.16. The largest absolute Gasteiger partial charge is 0.353 e. The van der Waals surface area contributed by atoms with Gasteiger partial charge in [-0.05, 0) is 38.4 Å². The third kappa shape index (κ3) is 3.16. The summed E-state index contributed by atoms with van der Waals surface area (Å²) in [6.07, 6.45) is 6.37. The summed E-state index contributed by atoms with van der Waals surface area (Å²) in [6, 6.07) is 0. The fourth-order valence-corrected chi connectivity index (χ4v) is 1.82. The Morgan fingerprint density at radius 1 is 1.27 bits per heavy atom. The summed E-state index contributed by atoms with van der Waals surface area (Å²) in [5, 5.41) is 3.23. The predicted octanol–water partition coefficient (Wildman–Crippen LogP) is 1.29. The van der Waals surface area contributed by atoms with Crippen molar-refractivity contribution in [2.75, 3.05) is 31.5 Å². The minimum absolute atomic E-state index is 0.736. The van der Waals surface area contributed by atoms with Crippen LogP contribution in [0.3, 0.4) is 0 Å². The molecule has 15 heavy (non-hydrogen) atoms. The van der Waals surface area contributed by atoms with Crippen LogP contribution in [-0.4, -0.2) is 41.0 Å². The molecule has 0 saturated carbocycles. The molecule has 0 radical (unpaired) electrons. The molecule has 1 saturated heterocycles. The summed E-state index contributed by atoms with van der Waals surface area (Å²) in [6.45, 7) is 6.52. The first kappa shape index (κ1) is 10.4. The van der Waals surface area contributed by atoms with Crippen molar-refractivity contribution in [3.63, 3.8) is 0 Å². The lowest BCUT2D eigenvalue weighted by Gasteiger charge is -2.14. The zero-order valence-electron chi connectivity index (χ0n) is 9.24. The maximum atomic E-state index is 4.20. The van der Waals surface area contributed by atoms with Gasteiger partial charge in [0.05, 0.1) is 0 Å². The predicted molar refractivity (Wildman–Crippen MR) is 60.9 cm³/mol. The third-order valence-electron chi connectivity index (χ3n) is 2.69. The summed E-state index contributed by atoms with van der Waals surface area (Å²) in [4.78, 5) is 10.9. The highest BCUT2D eigenvalue weighted by molar-refractivity contribution is 5.23. The highest BCUT2D eigenvalue weighted by Crippen LogP contribution is 2.06. The van der Waals surface area contributed by atoms with Gasteiger partial charge in [0.25, 0.3) is 0 Å². The number of nitrogens with zero attached hydrogens (tertiary/aromatic N) is 3. The van der Waals surface area contributed by atoms with E-state index >= 15 is 0 Å². The molecule has 82 valence electrons. The maximum absolute atomic E-state index is 4.20. The number of hydrogen-bond acceptors (Lipinski definition) is 4. The van der Waals surface area contributed by atoms with Gasteiger partial charge in [0.15, 0.2) is 0 Å². The van der Waals surface area contributed by atoms with Crippen molar-refractivity contribution >= 4 is 5.95 Å². The normalized spacial score (nSPS) is 16.9. The number of anilines is 1. The van der Waals surface area contributed by atoms with Crippen LogP contribution in [0.5, 0.6) is 0 Å². The molecule has 1 aromatic rings. The van der Waals surface area contributed by atoms with Crippen molar-refractivity contribution in [1.29, 1.82) is 0 Å². The Balaban J connectivity index is 1.71. The number of aromatic nitrogens is 2. The molecular weight excluding hydrogens is 188 g/mol. The molecule has 0 bridgehead atoms. The lowest BCUT2D eigenvalue weighted by atomic mass is 10.4. The SMILES string of the molecule is Cc1cnc(NCCN2CCCC2)nc1. The van der Waals surface area contributed by atoms with Crippen LogP contribution in [0.4, 0.5) is 5.95 Å². The van der Waals surface area contributed by atoms with E-state index in [-0.39, 0.29) is 0 Å². The lowest BCUT2D eigenvalue weighted by Crippen LogP contribution is -2.26. The van der Waals surface area contributed by atoms with Gasteiger partial charge in [-0.15, -0.1) is 0 Å². The molecule has 1 aliphatic heterocycles. The molecule has 0 aromatic carbocycles. The molecule has 1 fully saturated rings. The van der Waals surface area contributed by atoms with Crippen molar-refractivity contribution in [1.82, 2.24) is 14.9 Å². The summed E-state index contributed by atoms with van der Waals surface area (Å²) in [5.41, 5.74) is 1.10. The van der Waals surface area contributed by atoms with Gasteiger partial charge >= 0.3 is 0 Å². The minimum atomic E-state index is 0.736. The minimum Gasteiger partial charge on any atom is -0.353 e. The highest BCUT2D eigenvalue weighted by atomic mass is 15.2. The van der Waals surface area contributed by atoms with Gasteiger partial charge < -0.3 is 10.2 Å². The fourth-order valence-electron chi connectivity index (χ4n) is 1.82. The highest BCUT2D eigenvalue weighted by Gasteiger charge is 2.10. The van der Waals surface area contributed by atoms with E-state index < -0.39 is 0 Å². The molecule has 2 heterocycles. The molecule has 1 aliphatic rings. The van der Waals surface area contributed by atoms with Gasteiger partial charge in [-0.3, -0.25) is 0 Å². The monoisotopic (exact) mass is 206 g/mol. The van der Waals surface area contributed by atoms with E-state index in [9.17, 15) is 0 Å². The van der Waals surface area contributed by atoms with Crippen LogP contribution in [-0.2, 0) is 0 Å². The molecule has 0 aliphatic carbocycles. The standard InChI is InChI=1S/C11H18N4/c1-10-8-13-11(14-9-10)12-4-7-15-5-2-3-6-15/h8-9H,2-7H2,1H3,(H,12,13,14). The molecule has 0 spiro atoms. The van der Waals surface area contributed by atoms with Crippen LogP contribution in [0.2, 0.25) is 0 Å². The van der Waals surface area contributed by atoms with Gasteiger partial charge in [0.1, 0.15) is 0 Å². The molecular formula is C11H18N4. The van der Waals surface area contributed by atoms with Crippen LogP contribution in [0, 0.1) is 6.92 Å². The average molecular weight is 206 g/mol. The number of rotatable bonds is 4. The van der Waals surface area contributed by atoms with Crippen molar-refractivity contribution in [2.45, 2.75) is 19.8 Å². The van der Waals surface area contributed by atoms with Crippen molar-refractivity contribution in [2.24, 2.45) is 0 Å². The molecule has 4 heteroatoms. The molecule has 4 nitrogen and oxygen atoms in total. The van der Waals surface area contributed by atoms with Crippen molar-refractivity contribution in [3.05, 3.63) is 18.0 Å². The Labute approximate surface area is 90.7 Å². The Kier molecular flexibility index (Phi) is 3.50. The van der Waals surface area contributed by atoms with Crippen LogP contribution >= 0.6 is 0 Å². The molecule has 2 rings (SSSR count). The first-order chi connectivity index (χ1) is 7.34. The quantitative estimate of drug-likeness (QED) is 0.806. The molecule has 1 N–H and O–H groups in total. The van der Waals surface area contributed by atoms with E-state index in [4.69, 9.17) is 0 Å². The summed E-state index contributed by atoms with van der Waals surface area (Å²) < 4.78 is 0. The topological polar surface area (TPSA) is 41.1 Å². The van der Waals surface area contributed by atoms with Crippen molar-refractivity contribution < 1.29 is 0 Å². The van der Waals surface area contributed by atoms with Gasteiger partial charge in [-0.1, -0.05) is 0 Å². The number of aryl methyl sites for hydroxylation is 1. The Bertz CT molecular complexity index is 290. The van der Waals surface area contributed by atoms with E-state index in [0.29, 0.717) is 0 Å². The molecule has 0 unspecified atom stereocenters. The van der Waals surface area contributed by atoms with Gasteiger partial charge in [0.2, 0.25) is 5.95 Å². The fraction of sp³-hybridized carbons (Fsp3) is 0.636. The van der Waals surface area contributed by atoms with Gasteiger partial charge in [-0.2, -0.15) is 0 Å². The third-order valence-corrected chi connectivity index (χ3v) is 2.69. The van der Waals surface area contributed by atoms with Crippen LogP contribution in [0.25, 0.3) is 0 Å². The van der Waals surface area contributed by atoms with Gasteiger partial charge in [-0.25, -0.2) is 9.97 Å². The lowest BCUT2D eigenvalue weighted by molar-refractivity contribution is 0.352. The second-order valence-electron chi connectivity index (χ2n) is 4.06. The van der Waals surface area contributed by atoms with E-state index in [1.165, 1.54) is 25.9 Å². The molecule has 0 amide bonds. The van der Waals surface area contributed by atoms with Crippen LogP contribution in [0.15, 0.2) is 12.4 Å².